The molecule has 2 heterocycles. The second-order valence-electron chi connectivity index (χ2n) is 5.46. The Morgan fingerprint density at radius 1 is 1.11 bits per heavy atom. The van der Waals surface area contributed by atoms with Gasteiger partial charge in [0.1, 0.15) is 0 Å². The Labute approximate surface area is 108 Å². The van der Waals surface area contributed by atoms with Crippen molar-refractivity contribution in [3.05, 3.63) is 12.4 Å². The minimum atomic E-state index is -0.398. The highest BCUT2D eigenvalue weighted by Crippen LogP contribution is 2.36. The summed E-state index contributed by atoms with van der Waals surface area (Å²) in [5.41, 5.74) is 0.172. The fourth-order valence-electron chi connectivity index (χ4n) is 1.69. The molecule has 98 valence electrons. The third-order valence-electron chi connectivity index (χ3n) is 3.53. The summed E-state index contributed by atoms with van der Waals surface area (Å²) in [5.74, 6) is 0.623. The van der Waals surface area contributed by atoms with Crippen molar-refractivity contribution in [1.29, 1.82) is 0 Å². The first-order chi connectivity index (χ1) is 8.36. The highest BCUT2D eigenvalue weighted by atomic mass is 16.7. The van der Waals surface area contributed by atoms with E-state index in [1.807, 2.05) is 34.6 Å². The normalized spacial score (nSPS) is 21.1. The number of anilines is 1. The van der Waals surface area contributed by atoms with E-state index in [9.17, 15) is 0 Å². The van der Waals surface area contributed by atoms with Crippen LogP contribution in [0.4, 0.5) is 5.95 Å². The van der Waals surface area contributed by atoms with Crippen LogP contribution in [0.3, 0.4) is 0 Å². The van der Waals surface area contributed by atoms with Gasteiger partial charge in [0.2, 0.25) is 5.95 Å². The van der Waals surface area contributed by atoms with Crippen molar-refractivity contribution in [3.8, 4) is 0 Å². The Bertz CT molecular complexity index is 404. The van der Waals surface area contributed by atoms with Gasteiger partial charge in [-0.1, -0.05) is 0 Å². The van der Waals surface area contributed by atoms with Gasteiger partial charge in [0, 0.05) is 24.4 Å². The Morgan fingerprint density at radius 3 is 2.06 bits per heavy atom. The number of hydrogen-bond donors (Lipinski definition) is 1. The Balaban J connectivity index is 2.14. The van der Waals surface area contributed by atoms with Crippen LogP contribution in [-0.4, -0.2) is 34.8 Å². The highest BCUT2D eigenvalue weighted by molar-refractivity contribution is 6.61. The molecule has 1 aliphatic rings. The van der Waals surface area contributed by atoms with Crippen LogP contribution in [0.5, 0.6) is 0 Å². The summed E-state index contributed by atoms with van der Waals surface area (Å²) in [4.78, 5) is 8.45. The molecule has 1 N–H and O–H groups in total. The molecule has 0 unspecified atom stereocenters. The lowest BCUT2D eigenvalue weighted by Gasteiger charge is -2.32. The van der Waals surface area contributed by atoms with Gasteiger partial charge in [0.05, 0.1) is 11.2 Å². The van der Waals surface area contributed by atoms with Crippen LogP contribution in [0.15, 0.2) is 12.4 Å². The number of rotatable bonds is 3. The van der Waals surface area contributed by atoms with E-state index in [2.05, 4.69) is 15.3 Å². The summed E-state index contributed by atoms with van der Waals surface area (Å²) in [6.07, 6.45) is 3.49. The zero-order valence-corrected chi connectivity index (χ0v) is 11.7. The van der Waals surface area contributed by atoms with Crippen molar-refractivity contribution in [2.45, 2.75) is 45.8 Å². The number of aromatic nitrogens is 2. The molecule has 0 atom stereocenters. The van der Waals surface area contributed by atoms with Crippen molar-refractivity contribution < 1.29 is 9.31 Å². The molecule has 1 aliphatic heterocycles. The lowest BCUT2D eigenvalue weighted by Crippen LogP contribution is -2.41. The number of nitrogens with one attached hydrogen (secondary N) is 1. The van der Waals surface area contributed by atoms with Crippen molar-refractivity contribution in [3.63, 3.8) is 0 Å². The van der Waals surface area contributed by atoms with Gasteiger partial charge in [-0.05, 0) is 34.6 Å². The van der Waals surface area contributed by atoms with E-state index in [1.165, 1.54) is 0 Å². The van der Waals surface area contributed by atoms with E-state index >= 15 is 0 Å². The summed E-state index contributed by atoms with van der Waals surface area (Å²) >= 11 is 0. The standard InChI is InChI=1S/C12H20BN3O2/c1-6-14-10-15-7-9(8-16-10)13-17-11(2,3)12(4,5)18-13/h7-8H,6H2,1-5H3,(H,14,15,16). The van der Waals surface area contributed by atoms with Crippen LogP contribution in [0.1, 0.15) is 34.6 Å². The zero-order chi connectivity index (χ0) is 13.4. The molecular weight excluding hydrogens is 229 g/mol. The average Bonchev–Trinajstić information content (AvgIpc) is 2.50. The van der Waals surface area contributed by atoms with Gasteiger partial charge in [-0.15, -0.1) is 0 Å². The van der Waals surface area contributed by atoms with Gasteiger partial charge >= 0.3 is 7.12 Å². The first-order valence-corrected chi connectivity index (χ1v) is 6.27. The maximum atomic E-state index is 5.93. The highest BCUT2D eigenvalue weighted by Gasteiger charge is 2.51. The van der Waals surface area contributed by atoms with E-state index in [1.54, 1.807) is 12.4 Å². The summed E-state index contributed by atoms with van der Waals surface area (Å²) < 4.78 is 11.9. The molecule has 0 aliphatic carbocycles. The number of hydrogen-bond acceptors (Lipinski definition) is 5. The topological polar surface area (TPSA) is 56.3 Å². The molecule has 1 fully saturated rings. The van der Waals surface area contributed by atoms with Crippen LogP contribution in [0.25, 0.3) is 0 Å². The fourth-order valence-corrected chi connectivity index (χ4v) is 1.69. The van der Waals surface area contributed by atoms with Crippen molar-refractivity contribution >= 4 is 18.5 Å². The summed E-state index contributed by atoms with van der Waals surface area (Å²) in [6.45, 7) is 10.9. The number of nitrogens with zero attached hydrogens (tertiary/aromatic N) is 2. The third-order valence-corrected chi connectivity index (χ3v) is 3.53. The van der Waals surface area contributed by atoms with Crippen LogP contribution in [0, 0.1) is 0 Å². The molecule has 0 saturated carbocycles. The molecule has 1 aromatic rings. The average molecular weight is 249 g/mol. The molecule has 0 bridgehead atoms. The molecule has 5 nitrogen and oxygen atoms in total. The van der Waals surface area contributed by atoms with Gasteiger partial charge in [-0.25, -0.2) is 9.97 Å². The minimum absolute atomic E-state index is 0.335. The lowest BCUT2D eigenvalue weighted by molar-refractivity contribution is 0.00578. The van der Waals surface area contributed by atoms with E-state index in [-0.39, 0.29) is 11.2 Å². The van der Waals surface area contributed by atoms with E-state index in [0.29, 0.717) is 5.95 Å². The monoisotopic (exact) mass is 249 g/mol. The SMILES string of the molecule is CCNc1ncc(B2OC(C)(C)C(C)(C)O2)cn1. The van der Waals surface area contributed by atoms with Gasteiger partial charge in [0.25, 0.3) is 0 Å². The second-order valence-corrected chi connectivity index (χ2v) is 5.46. The molecule has 2 rings (SSSR count). The summed E-state index contributed by atoms with van der Waals surface area (Å²) in [5, 5.41) is 3.05. The predicted molar refractivity (Wildman–Crippen MR) is 71.9 cm³/mol. The molecular formula is C12H20BN3O2. The smallest absolute Gasteiger partial charge is 0.399 e. The van der Waals surface area contributed by atoms with Crippen molar-refractivity contribution in [2.24, 2.45) is 0 Å². The van der Waals surface area contributed by atoms with Gasteiger partial charge in [-0.2, -0.15) is 0 Å². The van der Waals surface area contributed by atoms with Gasteiger partial charge in [0.15, 0.2) is 0 Å². The second kappa shape index (κ2) is 4.51. The Morgan fingerprint density at radius 2 is 1.61 bits per heavy atom. The quantitative estimate of drug-likeness (QED) is 0.816. The molecule has 1 saturated heterocycles. The molecule has 6 heteroatoms. The predicted octanol–water partition coefficient (Wildman–Crippen LogP) is 1.21. The van der Waals surface area contributed by atoms with Gasteiger partial charge in [-0.3, -0.25) is 0 Å². The van der Waals surface area contributed by atoms with Crippen LogP contribution in [-0.2, 0) is 9.31 Å². The molecule has 1 aromatic heterocycles. The molecule has 18 heavy (non-hydrogen) atoms. The largest absolute Gasteiger partial charge is 0.498 e. The Hall–Kier alpha value is -1.14. The first kappa shape index (κ1) is 13.3. The fraction of sp³-hybridized carbons (Fsp3) is 0.667. The first-order valence-electron chi connectivity index (χ1n) is 6.27. The minimum Gasteiger partial charge on any atom is -0.399 e. The van der Waals surface area contributed by atoms with E-state index in [4.69, 9.17) is 9.31 Å². The zero-order valence-electron chi connectivity index (χ0n) is 11.7. The van der Waals surface area contributed by atoms with Gasteiger partial charge < -0.3 is 14.6 Å². The van der Waals surface area contributed by atoms with Crippen LogP contribution < -0.4 is 10.8 Å². The lowest BCUT2D eigenvalue weighted by atomic mass is 9.81. The van der Waals surface area contributed by atoms with E-state index in [0.717, 1.165) is 12.0 Å². The van der Waals surface area contributed by atoms with Crippen molar-refractivity contribution in [2.75, 3.05) is 11.9 Å². The molecule has 0 amide bonds. The summed E-state index contributed by atoms with van der Waals surface area (Å²) in [7, 11) is -0.398. The third kappa shape index (κ3) is 2.35. The Kier molecular flexibility index (Phi) is 3.34. The maximum absolute atomic E-state index is 5.93. The van der Waals surface area contributed by atoms with Crippen molar-refractivity contribution in [1.82, 2.24) is 9.97 Å². The van der Waals surface area contributed by atoms with E-state index < -0.39 is 7.12 Å². The maximum Gasteiger partial charge on any atom is 0.498 e. The summed E-state index contributed by atoms with van der Waals surface area (Å²) in [6, 6.07) is 0. The van der Waals surface area contributed by atoms with Crippen LogP contribution >= 0.6 is 0 Å². The molecule has 0 radical (unpaired) electrons. The molecule has 0 spiro atoms. The van der Waals surface area contributed by atoms with Crippen LogP contribution in [0.2, 0.25) is 0 Å². The molecule has 0 aromatic carbocycles.